The number of methoxy groups -OCH3 is 1. The molecule has 1 atom stereocenters. The molecular weight excluding hydrogens is 256 g/mol. The molecule has 0 saturated carbocycles. The minimum atomic E-state index is -0.939. The molecule has 0 aliphatic carbocycles. The topological polar surface area (TPSA) is 71.5 Å². The first-order chi connectivity index (χ1) is 9.24. The standard InChI is InChI=1S/C15H24N2O3/c1-10(9-20-5)8-16-13-7-11(14(18)19)6-12(17-13)15(2,3)4/h6-7,10H,8-9H2,1-5H3,(H,16,17)(H,18,19). The van der Waals surface area contributed by atoms with Gasteiger partial charge in [0.15, 0.2) is 0 Å². The van der Waals surface area contributed by atoms with Crippen LogP contribution in [0.25, 0.3) is 0 Å². The minimum absolute atomic E-state index is 0.194. The number of aromatic nitrogens is 1. The lowest BCUT2D eigenvalue weighted by atomic mass is 9.91. The number of hydrogen-bond acceptors (Lipinski definition) is 4. The van der Waals surface area contributed by atoms with Gasteiger partial charge >= 0.3 is 5.97 Å². The number of aromatic carboxylic acids is 1. The number of hydrogen-bond donors (Lipinski definition) is 2. The molecule has 5 nitrogen and oxygen atoms in total. The van der Waals surface area contributed by atoms with Crippen molar-refractivity contribution in [1.82, 2.24) is 4.98 Å². The maximum atomic E-state index is 11.2. The van der Waals surface area contributed by atoms with Gasteiger partial charge in [0.05, 0.1) is 12.2 Å². The highest BCUT2D eigenvalue weighted by Crippen LogP contribution is 2.23. The third kappa shape index (κ3) is 4.81. The van der Waals surface area contributed by atoms with Crippen molar-refractivity contribution < 1.29 is 14.6 Å². The summed E-state index contributed by atoms with van der Waals surface area (Å²) in [6.07, 6.45) is 0. The third-order valence-corrected chi connectivity index (χ3v) is 2.92. The molecule has 1 aromatic heterocycles. The second-order valence-corrected chi connectivity index (χ2v) is 6.12. The van der Waals surface area contributed by atoms with E-state index in [1.165, 1.54) is 0 Å². The molecule has 0 fully saturated rings. The molecule has 1 rings (SSSR count). The van der Waals surface area contributed by atoms with Gasteiger partial charge in [-0.15, -0.1) is 0 Å². The molecule has 0 aliphatic rings. The monoisotopic (exact) mass is 280 g/mol. The van der Waals surface area contributed by atoms with Crippen LogP contribution in [0.15, 0.2) is 12.1 Å². The molecule has 0 amide bonds. The number of nitrogens with one attached hydrogen (secondary N) is 1. The molecule has 112 valence electrons. The van der Waals surface area contributed by atoms with Gasteiger partial charge in [-0.25, -0.2) is 9.78 Å². The smallest absolute Gasteiger partial charge is 0.335 e. The number of pyridine rings is 1. The van der Waals surface area contributed by atoms with Crippen LogP contribution < -0.4 is 5.32 Å². The van der Waals surface area contributed by atoms with Gasteiger partial charge in [0.1, 0.15) is 5.82 Å². The van der Waals surface area contributed by atoms with E-state index in [4.69, 9.17) is 4.74 Å². The summed E-state index contributed by atoms with van der Waals surface area (Å²) >= 11 is 0. The van der Waals surface area contributed by atoms with E-state index in [0.29, 0.717) is 24.9 Å². The van der Waals surface area contributed by atoms with Crippen molar-refractivity contribution in [3.8, 4) is 0 Å². The highest BCUT2D eigenvalue weighted by atomic mass is 16.5. The lowest BCUT2D eigenvalue weighted by molar-refractivity contribution is 0.0696. The summed E-state index contributed by atoms with van der Waals surface area (Å²) in [7, 11) is 1.66. The van der Waals surface area contributed by atoms with Crippen molar-refractivity contribution in [2.24, 2.45) is 5.92 Å². The van der Waals surface area contributed by atoms with Crippen molar-refractivity contribution in [2.75, 3.05) is 25.6 Å². The predicted octanol–water partition coefficient (Wildman–Crippen LogP) is 2.77. The first-order valence-electron chi connectivity index (χ1n) is 6.72. The molecule has 0 saturated heterocycles. The quantitative estimate of drug-likeness (QED) is 0.838. The molecule has 20 heavy (non-hydrogen) atoms. The summed E-state index contributed by atoms with van der Waals surface area (Å²) in [4.78, 5) is 15.7. The molecule has 0 aliphatic heterocycles. The first kappa shape index (κ1) is 16.4. The molecule has 2 N–H and O–H groups in total. The van der Waals surface area contributed by atoms with Crippen LogP contribution in [0.1, 0.15) is 43.7 Å². The Morgan fingerprint density at radius 1 is 1.45 bits per heavy atom. The van der Waals surface area contributed by atoms with E-state index >= 15 is 0 Å². The summed E-state index contributed by atoms with van der Waals surface area (Å²) < 4.78 is 5.08. The Hall–Kier alpha value is -1.62. The van der Waals surface area contributed by atoms with Gasteiger partial charge in [-0.05, 0) is 18.1 Å². The zero-order chi connectivity index (χ0) is 15.3. The van der Waals surface area contributed by atoms with E-state index in [2.05, 4.69) is 17.2 Å². The molecule has 5 heteroatoms. The van der Waals surface area contributed by atoms with E-state index in [1.807, 2.05) is 20.8 Å². The SMILES string of the molecule is COCC(C)CNc1cc(C(=O)O)cc(C(C)(C)C)n1. The second-order valence-electron chi connectivity index (χ2n) is 6.12. The molecular formula is C15H24N2O3. The molecule has 0 spiro atoms. The van der Waals surface area contributed by atoms with Gasteiger partial charge in [0.25, 0.3) is 0 Å². The number of ether oxygens (including phenoxy) is 1. The van der Waals surface area contributed by atoms with Crippen LogP contribution in [0.3, 0.4) is 0 Å². The van der Waals surface area contributed by atoms with Crippen molar-refractivity contribution in [3.05, 3.63) is 23.4 Å². The Bertz CT molecular complexity index is 467. The van der Waals surface area contributed by atoms with Crippen LogP contribution in [0.4, 0.5) is 5.82 Å². The van der Waals surface area contributed by atoms with Crippen molar-refractivity contribution in [2.45, 2.75) is 33.1 Å². The Kier molecular flexibility index (Phi) is 5.51. The summed E-state index contributed by atoms with van der Waals surface area (Å²) in [6.45, 7) is 9.43. The Morgan fingerprint density at radius 3 is 2.60 bits per heavy atom. The maximum Gasteiger partial charge on any atom is 0.335 e. The third-order valence-electron chi connectivity index (χ3n) is 2.92. The second kappa shape index (κ2) is 6.70. The zero-order valence-corrected chi connectivity index (χ0v) is 12.9. The van der Waals surface area contributed by atoms with E-state index in [0.717, 1.165) is 5.69 Å². The first-order valence-corrected chi connectivity index (χ1v) is 6.72. The lowest BCUT2D eigenvalue weighted by Crippen LogP contribution is -2.19. The molecule has 0 radical (unpaired) electrons. The lowest BCUT2D eigenvalue weighted by Gasteiger charge is -2.20. The van der Waals surface area contributed by atoms with E-state index in [9.17, 15) is 9.90 Å². The largest absolute Gasteiger partial charge is 0.478 e. The Labute approximate surface area is 120 Å². The van der Waals surface area contributed by atoms with Crippen LogP contribution in [0.2, 0.25) is 0 Å². The number of carbonyl (C=O) groups is 1. The predicted molar refractivity (Wildman–Crippen MR) is 79.4 cm³/mol. The summed E-state index contributed by atoms with van der Waals surface area (Å²) in [6, 6.07) is 3.20. The van der Waals surface area contributed by atoms with Crippen LogP contribution >= 0.6 is 0 Å². The van der Waals surface area contributed by atoms with Crippen molar-refractivity contribution in [3.63, 3.8) is 0 Å². The average Bonchev–Trinajstić information content (AvgIpc) is 2.35. The summed E-state index contributed by atoms with van der Waals surface area (Å²) in [5.41, 5.74) is 0.825. The highest BCUT2D eigenvalue weighted by molar-refractivity contribution is 5.88. The number of anilines is 1. The van der Waals surface area contributed by atoms with Crippen LogP contribution in [-0.4, -0.2) is 36.3 Å². The van der Waals surface area contributed by atoms with Crippen molar-refractivity contribution >= 4 is 11.8 Å². The number of rotatable bonds is 6. The normalized spacial score (nSPS) is 13.1. The Morgan fingerprint density at radius 2 is 2.10 bits per heavy atom. The van der Waals surface area contributed by atoms with Crippen LogP contribution in [0, 0.1) is 5.92 Å². The van der Waals surface area contributed by atoms with Crippen molar-refractivity contribution in [1.29, 1.82) is 0 Å². The number of carboxylic acids is 1. The van der Waals surface area contributed by atoms with Crippen LogP contribution in [0.5, 0.6) is 0 Å². The zero-order valence-electron chi connectivity index (χ0n) is 12.9. The van der Waals surface area contributed by atoms with Gasteiger partial charge in [0.2, 0.25) is 0 Å². The highest BCUT2D eigenvalue weighted by Gasteiger charge is 2.19. The molecule has 0 bridgehead atoms. The molecule has 0 aromatic carbocycles. The fraction of sp³-hybridized carbons (Fsp3) is 0.600. The van der Waals surface area contributed by atoms with Crippen LogP contribution in [-0.2, 0) is 10.2 Å². The van der Waals surface area contributed by atoms with Gasteiger partial charge in [-0.2, -0.15) is 0 Å². The van der Waals surface area contributed by atoms with E-state index in [-0.39, 0.29) is 11.0 Å². The molecule has 1 aromatic rings. The van der Waals surface area contributed by atoms with Gasteiger partial charge < -0.3 is 15.2 Å². The van der Waals surface area contributed by atoms with E-state index < -0.39 is 5.97 Å². The fourth-order valence-electron chi connectivity index (χ4n) is 1.75. The molecule has 1 heterocycles. The summed E-state index contributed by atoms with van der Waals surface area (Å²) in [5, 5.41) is 12.4. The van der Waals surface area contributed by atoms with E-state index in [1.54, 1.807) is 19.2 Å². The van der Waals surface area contributed by atoms with Gasteiger partial charge in [-0.3, -0.25) is 0 Å². The Balaban J connectivity index is 2.95. The maximum absolute atomic E-state index is 11.2. The molecule has 1 unspecified atom stereocenters. The number of nitrogens with zero attached hydrogens (tertiary/aromatic N) is 1. The average molecular weight is 280 g/mol. The van der Waals surface area contributed by atoms with Gasteiger partial charge in [0, 0.05) is 24.8 Å². The minimum Gasteiger partial charge on any atom is -0.478 e. The summed E-state index contributed by atoms with van der Waals surface area (Å²) in [5.74, 6) is -0.0166. The van der Waals surface area contributed by atoms with Gasteiger partial charge in [-0.1, -0.05) is 27.7 Å². The number of carboxylic acid groups (broad SMARTS) is 1. The fourth-order valence-corrected chi connectivity index (χ4v) is 1.75.